The van der Waals surface area contributed by atoms with Crippen LogP contribution in [0.3, 0.4) is 0 Å². The van der Waals surface area contributed by atoms with Crippen LogP contribution in [-0.2, 0) is 0 Å². The molecule has 0 aliphatic rings. The number of hydrogen-bond acceptors (Lipinski definition) is 1. The summed E-state index contributed by atoms with van der Waals surface area (Å²) in [5.74, 6) is -5.04. The van der Waals surface area contributed by atoms with Crippen molar-refractivity contribution in [3.63, 3.8) is 0 Å². The standard InChI is InChI=1S/C11H10BrF4NO/c1-6-4-7(2-3-8(6)12)9(18)17-5-11(15,16)10(13)14/h2-4,10H,5H2,1H3,(H,17,18). The molecule has 1 amide bonds. The molecule has 0 fully saturated rings. The van der Waals surface area contributed by atoms with Crippen LogP contribution in [0.25, 0.3) is 0 Å². The highest BCUT2D eigenvalue weighted by Crippen LogP contribution is 2.22. The molecular weight excluding hydrogens is 318 g/mol. The average Bonchev–Trinajstić information content (AvgIpc) is 2.29. The lowest BCUT2D eigenvalue weighted by molar-refractivity contribution is -0.123. The van der Waals surface area contributed by atoms with Gasteiger partial charge in [-0.05, 0) is 30.7 Å². The lowest BCUT2D eigenvalue weighted by atomic mass is 10.1. The largest absolute Gasteiger partial charge is 0.346 e. The van der Waals surface area contributed by atoms with E-state index >= 15 is 0 Å². The van der Waals surface area contributed by atoms with E-state index in [1.807, 2.05) is 0 Å². The molecule has 0 unspecified atom stereocenters. The third-order valence-corrected chi connectivity index (χ3v) is 3.11. The van der Waals surface area contributed by atoms with Gasteiger partial charge in [0.25, 0.3) is 5.91 Å². The van der Waals surface area contributed by atoms with Gasteiger partial charge in [0.15, 0.2) is 0 Å². The SMILES string of the molecule is Cc1cc(C(=O)NCC(F)(F)C(F)F)ccc1Br. The molecule has 0 spiro atoms. The minimum absolute atomic E-state index is 0.140. The highest BCUT2D eigenvalue weighted by molar-refractivity contribution is 9.10. The second-order valence-corrected chi connectivity index (χ2v) is 4.56. The summed E-state index contributed by atoms with van der Waals surface area (Å²) >= 11 is 3.22. The van der Waals surface area contributed by atoms with Crippen LogP contribution < -0.4 is 5.32 Å². The van der Waals surface area contributed by atoms with Gasteiger partial charge in [0.1, 0.15) is 0 Å². The van der Waals surface area contributed by atoms with E-state index in [9.17, 15) is 22.4 Å². The Balaban J connectivity index is 2.69. The van der Waals surface area contributed by atoms with E-state index in [2.05, 4.69) is 15.9 Å². The molecule has 0 aliphatic heterocycles. The molecule has 0 saturated carbocycles. The molecule has 1 rings (SSSR count). The summed E-state index contributed by atoms with van der Waals surface area (Å²) in [4.78, 5) is 11.5. The first-order valence-corrected chi connectivity index (χ1v) is 5.73. The molecule has 7 heteroatoms. The van der Waals surface area contributed by atoms with Crippen LogP contribution in [0.1, 0.15) is 15.9 Å². The van der Waals surface area contributed by atoms with E-state index in [1.165, 1.54) is 12.1 Å². The van der Waals surface area contributed by atoms with Gasteiger partial charge in [-0.15, -0.1) is 0 Å². The Labute approximate surface area is 109 Å². The molecule has 0 heterocycles. The highest BCUT2D eigenvalue weighted by Gasteiger charge is 2.40. The number of alkyl halides is 4. The Hall–Kier alpha value is -1.11. The number of carbonyl (C=O) groups is 1. The van der Waals surface area contributed by atoms with Crippen LogP contribution in [0, 0.1) is 6.92 Å². The maximum absolute atomic E-state index is 12.6. The highest BCUT2D eigenvalue weighted by atomic mass is 79.9. The van der Waals surface area contributed by atoms with E-state index in [-0.39, 0.29) is 5.56 Å². The Morgan fingerprint density at radius 1 is 1.44 bits per heavy atom. The monoisotopic (exact) mass is 327 g/mol. The van der Waals surface area contributed by atoms with Crippen LogP contribution in [0.15, 0.2) is 22.7 Å². The van der Waals surface area contributed by atoms with Crippen LogP contribution in [-0.4, -0.2) is 24.8 Å². The number of amides is 1. The summed E-state index contributed by atoms with van der Waals surface area (Å²) in [5.41, 5.74) is 0.879. The molecule has 0 saturated heterocycles. The van der Waals surface area contributed by atoms with Gasteiger partial charge in [-0.2, -0.15) is 8.78 Å². The van der Waals surface area contributed by atoms with Gasteiger partial charge < -0.3 is 5.32 Å². The number of aryl methyl sites for hydroxylation is 1. The maximum Gasteiger partial charge on any atom is 0.324 e. The molecule has 0 radical (unpaired) electrons. The number of nitrogens with one attached hydrogen (secondary N) is 1. The van der Waals surface area contributed by atoms with Crippen LogP contribution in [0.2, 0.25) is 0 Å². The Bertz CT molecular complexity index is 451. The molecule has 0 aliphatic carbocycles. The fourth-order valence-corrected chi connectivity index (χ4v) is 1.41. The minimum Gasteiger partial charge on any atom is -0.346 e. The first kappa shape index (κ1) is 14.9. The first-order valence-electron chi connectivity index (χ1n) is 4.94. The summed E-state index contributed by atoms with van der Waals surface area (Å²) in [6.07, 6.45) is -3.80. The zero-order valence-corrected chi connectivity index (χ0v) is 10.9. The quantitative estimate of drug-likeness (QED) is 0.844. The lowest BCUT2D eigenvalue weighted by Crippen LogP contribution is -2.41. The predicted molar refractivity (Wildman–Crippen MR) is 62.2 cm³/mol. The van der Waals surface area contributed by atoms with Crippen molar-refractivity contribution < 1.29 is 22.4 Å². The van der Waals surface area contributed by atoms with Gasteiger partial charge in [0.2, 0.25) is 0 Å². The third-order valence-electron chi connectivity index (χ3n) is 2.22. The molecule has 0 atom stereocenters. The van der Waals surface area contributed by atoms with E-state index < -0.39 is 24.8 Å². The van der Waals surface area contributed by atoms with Gasteiger partial charge in [0.05, 0.1) is 6.54 Å². The first-order chi connectivity index (χ1) is 8.24. The molecular formula is C11H10BrF4NO. The van der Waals surface area contributed by atoms with E-state index in [1.54, 1.807) is 18.3 Å². The Morgan fingerprint density at radius 2 is 2.06 bits per heavy atom. The van der Waals surface area contributed by atoms with E-state index in [0.717, 1.165) is 10.0 Å². The summed E-state index contributed by atoms with van der Waals surface area (Å²) in [5, 5.41) is 1.78. The van der Waals surface area contributed by atoms with Gasteiger partial charge in [-0.1, -0.05) is 15.9 Å². The smallest absolute Gasteiger partial charge is 0.324 e. The topological polar surface area (TPSA) is 29.1 Å². The Morgan fingerprint density at radius 3 is 2.56 bits per heavy atom. The number of rotatable bonds is 4. The Kier molecular flexibility index (Phi) is 4.72. The summed E-state index contributed by atoms with van der Waals surface area (Å²) in [6, 6.07) is 4.46. The molecule has 18 heavy (non-hydrogen) atoms. The van der Waals surface area contributed by atoms with Gasteiger partial charge in [0, 0.05) is 10.0 Å². The second kappa shape index (κ2) is 5.69. The molecule has 0 aromatic heterocycles. The van der Waals surface area contributed by atoms with Crippen molar-refractivity contribution in [2.45, 2.75) is 19.3 Å². The number of benzene rings is 1. The van der Waals surface area contributed by atoms with E-state index in [4.69, 9.17) is 0 Å². The normalized spacial score (nSPS) is 11.7. The van der Waals surface area contributed by atoms with Crippen molar-refractivity contribution >= 4 is 21.8 Å². The van der Waals surface area contributed by atoms with Crippen LogP contribution in [0.4, 0.5) is 17.6 Å². The zero-order valence-electron chi connectivity index (χ0n) is 9.31. The molecule has 1 aromatic carbocycles. The van der Waals surface area contributed by atoms with Crippen LogP contribution >= 0.6 is 15.9 Å². The maximum atomic E-state index is 12.6. The summed E-state index contributed by atoms with van der Waals surface area (Å²) in [7, 11) is 0. The molecule has 1 N–H and O–H groups in total. The third kappa shape index (κ3) is 3.69. The fraction of sp³-hybridized carbons (Fsp3) is 0.364. The number of hydrogen-bond donors (Lipinski definition) is 1. The number of halogens is 5. The minimum atomic E-state index is -4.22. The average molecular weight is 328 g/mol. The van der Waals surface area contributed by atoms with Crippen molar-refractivity contribution in [2.24, 2.45) is 0 Å². The van der Waals surface area contributed by atoms with Gasteiger partial charge in [-0.3, -0.25) is 4.79 Å². The summed E-state index contributed by atoms with van der Waals surface area (Å²) in [6.45, 7) is 0.327. The summed E-state index contributed by atoms with van der Waals surface area (Å²) < 4.78 is 49.7. The van der Waals surface area contributed by atoms with Crippen molar-refractivity contribution in [1.29, 1.82) is 0 Å². The van der Waals surface area contributed by atoms with Gasteiger partial charge >= 0.3 is 12.3 Å². The lowest BCUT2D eigenvalue weighted by Gasteiger charge is -2.15. The molecule has 0 bridgehead atoms. The van der Waals surface area contributed by atoms with Crippen molar-refractivity contribution in [1.82, 2.24) is 5.32 Å². The van der Waals surface area contributed by atoms with Crippen molar-refractivity contribution in [3.05, 3.63) is 33.8 Å². The number of carbonyl (C=O) groups excluding carboxylic acids is 1. The van der Waals surface area contributed by atoms with Crippen molar-refractivity contribution in [3.8, 4) is 0 Å². The predicted octanol–water partition coefficient (Wildman–Crippen LogP) is 3.39. The second-order valence-electron chi connectivity index (χ2n) is 3.71. The fourth-order valence-electron chi connectivity index (χ4n) is 1.16. The molecule has 1 aromatic rings. The van der Waals surface area contributed by atoms with Crippen molar-refractivity contribution in [2.75, 3.05) is 6.54 Å². The van der Waals surface area contributed by atoms with Gasteiger partial charge in [-0.25, -0.2) is 8.78 Å². The molecule has 100 valence electrons. The van der Waals surface area contributed by atoms with Crippen LogP contribution in [0.5, 0.6) is 0 Å². The van der Waals surface area contributed by atoms with E-state index in [0.29, 0.717) is 0 Å². The molecule has 2 nitrogen and oxygen atoms in total. The zero-order chi connectivity index (χ0) is 13.9.